The van der Waals surface area contributed by atoms with E-state index in [9.17, 15) is 9.90 Å². The van der Waals surface area contributed by atoms with E-state index in [0.29, 0.717) is 10.6 Å². The molecule has 0 amide bonds. The van der Waals surface area contributed by atoms with Gasteiger partial charge in [-0.3, -0.25) is 0 Å². The van der Waals surface area contributed by atoms with Crippen molar-refractivity contribution in [2.75, 3.05) is 0 Å². The van der Waals surface area contributed by atoms with Gasteiger partial charge in [-0.25, -0.2) is 0 Å². The normalized spacial score (nSPS) is 15.0. The first-order chi connectivity index (χ1) is 6.15. The van der Waals surface area contributed by atoms with Crippen molar-refractivity contribution in [3.63, 3.8) is 0 Å². The van der Waals surface area contributed by atoms with Crippen molar-refractivity contribution in [3.05, 3.63) is 34.9 Å². The Hall–Kier alpha value is -0.860. The largest absolute Gasteiger partial charge is 0.388 e. The molecule has 1 aromatic carbocycles. The molecule has 0 radical (unpaired) electrons. The fraction of sp³-hybridized carbons (Fsp3) is 0.300. The van der Waals surface area contributed by atoms with Crippen molar-refractivity contribution in [1.82, 2.24) is 0 Å². The number of hydrogen-bond donors (Lipinski definition) is 1. The molecule has 0 bridgehead atoms. The van der Waals surface area contributed by atoms with Gasteiger partial charge in [0.1, 0.15) is 6.29 Å². The smallest absolute Gasteiger partial charge is 0.125 e. The Bertz CT molecular complexity index is 281. The molecule has 0 aliphatic heterocycles. The molecule has 1 rings (SSSR count). The second-order valence-corrected chi connectivity index (χ2v) is 3.43. The van der Waals surface area contributed by atoms with E-state index >= 15 is 0 Å². The first kappa shape index (κ1) is 10.2. The van der Waals surface area contributed by atoms with Crippen LogP contribution >= 0.6 is 11.6 Å². The highest BCUT2D eigenvalue weighted by atomic mass is 35.5. The molecule has 2 nitrogen and oxygen atoms in total. The topological polar surface area (TPSA) is 37.3 Å². The summed E-state index contributed by atoms with van der Waals surface area (Å²) in [5.74, 6) is -0.388. The number of halogens is 1. The van der Waals surface area contributed by atoms with E-state index < -0.39 is 6.10 Å². The molecule has 0 aliphatic carbocycles. The molecule has 1 aromatic rings. The molecule has 0 spiro atoms. The molecular formula is C10H11ClO2. The van der Waals surface area contributed by atoms with Crippen LogP contribution in [0.2, 0.25) is 5.02 Å². The van der Waals surface area contributed by atoms with Gasteiger partial charge in [0, 0.05) is 10.9 Å². The lowest BCUT2D eigenvalue weighted by atomic mass is 9.99. The molecule has 3 heteroatoms. The fourth-order valence-corrected chi connectivity index (χ4v) is 1.16. The van der Waals surface area contributed by atoms with Gasteiger partial charge >= 0.3 is 0 Å². The van der Waals surface area contributed by atoms with Crippen molar-refractivity contribution in [3.8, 4) is 0 Å². The monoisotopic (exact) mass is 198 g/mol. The maximum atomic E-state index is 10.4. The Labute approximate surface area is 82.2 Å². The second kappa shape index (κ2) is 4.40. The van der Waals surface area contributed by atoms with Crippen LogP contribution in [-0.4, -0.2) is 11.4 Å². The molecule has 0 aliphatic rings. The van der Waals surface area contributed by atoms with Gasteiger partial charge in [-0.1, -0.05) is 30.7 Å². The molecule has 0 aromatic heterocycles. The molecule has 1 N–H and O–H groups in total. The number of aliphatic hydroxyl groups is 1. The van der Waals surface area contributed by atoms with E-state index in [-0.39, 0.29) is 5.92 Å². The summed E-state index contributed by atoms with van der Waals surface area (Å²) in [6.07, 6.45) is -0.00557. The predicted octanol–water partition coefficient (Wildman–Crippen LogP) is 2.21. The molecule has 13 heavy (non-hydrogen) atoms. The van der Waals surface area contributed by atoms with Crippen LogP contribution in [0.4, 0.5) is 0 Å². The number of aliphatic hydroxyl groups excluding tert-OH is 1. The average molecular weight is 199 g/mol. The van der Waals surface area contributed by atoms with E-state index in [4.69, 9.17) is 11.6 Å². The highest BCUT2D eigenvalue weighted by Crippen LogP contribution is 2.21. The van der Waals surface area contributed by atoms with Gasteiger partial charge in [-0.2, -0.15) is 0 Å². The van der Waals surface area contributed by atoms with E-state index in [1.807, 2.05) is 0 Å². The SMILES string of the molecule is CC(C=O)C(O)c1ccc(Cl)cc1. The lowest BCUT2D eigenvalue weighted by Crippen LogP contribution is -2.09. The van der Waals surface area contributed by atoms with Crippen LogP contribution in [0.1, 0.15) is 18.6 Å². The van der Waals surface area contributed by atoms with Gasteiger partial charge in [-0.05, 0) is 17.7 Å². The molecule has 0 heterocycles. The number of benzene rings is 1. The molecular weight excluding hydrogens is 188 g/mol. The lowest BCUT2D eigenvalue weighted by Gasteiger charge is -2.13. The third-order valence-electron chi connectivity index (χ3n) is 1.92. The summed E-state index contributed by atoms with van der Waals surface area (Å²) >= 11 is 5.68. The molecule has 2 unspecified atom stereocenters. The van der Waals surface area contributed by atoms with Crippen LogP contribution in [0.5, 0.6) is 0 Å². The molecule has 2 atom stereocenters. The summed E-state index contributed by atoms with van der Waals surface area (Å²) in [6, 6.07) is 6.81. The zero-order valence-corrected chi connectivity index (χ0v) is 8.03. The van der Waals surface area contributed by atoms with E-state index in [0.717, 1.165) is 6.29 Å². The van der Waals surface area contributed by atoms with Crippen LogP contribution in [0.3, 0.4) is 0 Å². The number of aldehydes is 1. The van der Waals surface area contributed by atoms with Gasteiger partial charge in [-0.15, -0.1) is 0 Å². The molecule has 70 valence electrons. The summed E-state index contributed by atoms with van der Waals surface area (Å²) in [6.45, 7) is 1.67. The van der Waals surface area contributed by atoms with Gasteiger partial charge in [0.25, 0.3) is 0 Å². The minimum Gasteiger partial charge on any atom is -0.388 e. The van der Waals surface area contributed by atoms with Crippen molar-refractivity contribution in [2.45, 2.75) is 13.0 Å². The highest BCUT2D eigenvalue weighted by Gasteiger charge is 2.14. The second-order valence-electron chi connectivity index (χ2n) is 2.99. The summed E-state index contributed by atoms with van der Waals surface area (Å²) < 4.78 is 0. The van der Waals surface area contributed by atoms with Crippen molar-refractivity contribution in [1.29, 1.82) is 0 Å². The van der Waals surface area contributed by atoms with E-state index in [1.165, 1.54) is 0 Å². The van der Waals surface area contributed by atoms with Crippen LogP contribution < -0.4 is 0 Å². The summed E-state index contributed by atoms with van der Waals surface area (Å²) in [7, 11) is 0. The average Bonchev–Trinajstić information content (AvgIpc) is 2.17. The first-order valence-corrected chi connectivity index (χ1v) is 4.41. The number of rotatable bonds is 3. The third-order valence-corrected chi connectivity index (χ3v) is 2.18. The lowest BCUT2D eigenvalue weighted by molar-refractivity contribution is -0.113. The molecule has 0 fully saturated rings. The minimum atomic E-state index is -0.741. The van der Waals surface area contributed by atoms with Crippen LogP contribution in [0, 0.1) is 5.92 Å². The minimum absolute atomic E-state index is 0.388. The Morgan fingerprint density at radius 1 is 1.38 bits per heavy atom. The zero-order valence-electron chi connectivity index (χ0n) is 7.27. The summed E-state index contributed by atoms with van der Waals surface area (Å²) in [5, 5.41) is 10.2. The van der Waals surface area contributed by atoms with E-state index in [2.05, 4.69) is 0 Å². The van der Waals surface area contributed by atoms with Crippen LogP contribution in [0.15, 0.2) is 24.3 Å². The summed E-state index contributed by atoms with van der Waals surface area (Å²) in [4.78, 5) is 10.4. The summed E-state index contributed by atoms with van der Waals surface area (Å²) in [5.41, 5.74) is 0.712. The van der Waals surface area contributed by atoms with Gasteiger partial charge in [0.15, 0.2) is 0 Å². The van der Waals surface area contributed by atoms with Crippen molar-refractivity contribution in [2.24, 2.45) is 5.92 Å². The Balaban J connectivity index is 2.82. The maximum absolute atomic E-state index is 10.4. The van der Waals surface area contributed by atoms with Crippen molar-refractivity contribution >= 4 is 17.9 Å². The zero-order chi connectivity index (χ0) is 9.84. The molecule has 0 saturated heterocycles. The first-order valence-electron chi connectivity index (χ1n) is 4.04. The quantitative estimate of drug-likeness (QED) is 0.757. The third kappa shape index (κ3) is 2.54. The number of carbonyl (C=O) groups excluding carboxylic acids is 1. The predicted molar refractivity (Wildman–Crippen MR) is 51.6 cm³/mol. The Morgan fingerprint density at radius 2 is 1.92 bits per heavy atom. The molecule has 0 saturated carbocycles. The van der Waals surface area contributed by atoms with E-state index in [1.54, 1.807) is 31.2 Å². The number of carbonyl (C=O) groups is 1. The standard InChI is InChI=1S/C10H11ClO2/c1-7(6-12)10(13)8-2-4-9(11)5-3-8/h2-7,10,13H,1H3. The van der Waals surface area contributed by atoms with Gasteiger partial charge in [0.2, 0.25) is 0 Å². The van der Waals surface area contributed by atoms with Crippen molar-refractivity contribution < 1.29 is 9.90 Å². The van der Waals surface area contributed by atoms with Gasteiger partial charge < -0.3 is 9.90 Å². The highest BCUT2D eigenvalue weighted by molar-refractivity contribution is 6.30. The van der Waals surface area contributed by atoms with Gasteiger partial charge in [0.05, 0.1) is 6.10 Å². The van der Waals surface area contributed by atoms with Crippen LogP contribution in [0.25, 0.3) is 0 Å². The fourth-order valence-electron chi connectivity index (χ4n) is 1.04. The Morgan fingerprint density at radius 3 is 2.38 bits per heavy atom. The van der Waals surface area contributed by atoms with Crippen LogP contribution in [-0.2, 0) is 4.79 Å². The Kier molecular flexibility index (Phi) is 3.46. The number of hydrogen-bond acceptors (Lipinski definition) is 2. The maximum Gasteiger partial charge on any atom is 0.125 e.